The van der Waals surface area contributed by atoms with Crippen molar-refractivity contribution in [3.8, 4) is 0 Å². The van der Waals surface area contributed by atoms with Crippen LogP contribution in [0.4, 0.5) is 0 Å². The van der Waals surface area contributed by atoms with Gasteiger partial charge in [-0.1, -0.05) is 18.5 Å². The molecule has 0 unspecified atom stereocenters. The normalized spacial score (nSPS) is 10.7. The molecule has 1 rings (SSSR count). The first-order valence-corrected chi connectivity index (χ1v) is 4.48. The molecule has 0 saturated carbocycles. The van der Waals surface area contributed by atoms with Crippen molar-refractivity contribution in [2.24, 2.45) is 12.8 Å². The van der Waals surface area contributed by atoms with Crippen molar-refractivity contribution in [2.75, 3.05) is 6.54 Å². The molecule has 0 atom stereocenters. The van der Waals surface area contributed by atoms with E-state index < -0.39 is 0 Å². The molecule has 2 N–H and O–H groups in total. The van der Waals surface area contributed by atoms with Crippen LogP contribution in [-0.2, 0) is 19.9 Å². The van der Waals surface area contributed by atoms with E-state index in [-0.39, 0.29) is 0 Å². The molecule has 68 valence electrons. The first kappa shape index (κ1) is 9.55. The summed E-state index contributed by atoms with van der Waals surface area (Å²) in [5, 5.41) is 0.614. The van der Waals surface area contributed by atoms with Gasteiger partial charge in [0.25, 0.3) is 0 Å². The number of nitrogens with two attached hydrogens (primary N) is 1. The molecule has 0 fully saturated rings. The van der Waals surface area contributed by atoms with Gasteiger partial charge >= 0.3 is 0 Å². The third kappa shape index (κ3) is 1.62. The van der Waals surface area contributed by atoms with Crippen molar-refractivity contribution >= 4 is 11.6 Å². The number of hydrogen-bond acceptors (Lipinski definition) is 2. The van der Waals surface area contributed by atoms with Crippen molar-refractivity contribution in [3.05, 3.63) is 16.7 Å². The Bertz CT molecular complexity index is 268. The maximum Gasteiger partial charge on any atom is 0.150 e. The van der Waals surface area contributed by atoms with Gasteiger partial charge in [-0.2, -0.15) is 0 Å². The van der Waals surface area contributed by atoms with Crippen molar-refractivity contribution in [1.29, 1.82) is 0 Å². The van der Waals surface area contributed by atoms with E-state index in [0.29, 0.717) is 11.7 Å². The number of hydrogen-bond donors (Lipinski definition) is 1. The standard InChI is InChI=1S/C8H14ClN3/c1-3-6-8(9)11-7(4-5-10)12(6)2/h3-5,10H2,1-2H3. The summed E-state index contributed by atoms with van der Waals surface area (Å²) >= 11 is 5.91. The van der Waals surface area contributed by atoms with Gasteiger partial charge in [-0.05, 0) is 13.0 Å². The summed E-state index contributed by atoms with van der Waals surface area (Å²) < 4.78 is 2.02. The van der Waals surface area contributed by atoms with Crippen LogP contribution in [-0.4, -0.2) is 16.1 Å². The Kier molecular flexibility index (Phi) is 3.12. The molecule has 0 aliphatic rings. The molecule has 1 aromatic heterocycles. The molecule has 0 aromatic carbocycles. The van der Waals surface area contributed by atoms with Gasteiger partial charge in [0.05, 0.1) is 5.69 Å². The Hall–Kier alpha value is -0.540. The van der Waals surface area contributed by atoms with Crippen LogP contribution in [0.2, 0.25) is 5.15 Å². The van der Waals surface area contributed by atoms with Crippen molar-refractivity contribution < 1.29 is 0 Å². The van der Waals surface area contributed by atoms with Crippen LogP contribution < -0.4 is 5.73 Å². The van der Waals surface area contributed by atoms with Gasteiger partial charge < -0.3 is 10.3 Å². The highest BCUT2D eigenvalue weighted by Gasteiger charge is 2.09. The zero-order valence-corrected chi connectivity index (χ0v) is 8.23. The fourth-order valence-electron chi connectivity index (χ4n) is 1.28. The Morgan fingerprint density at radius 1 is 1.58 bits per heavy atom. The highest BCUT2D eigenvalue weighted by Crippen LogP contribution is 2.16. The van der Waals surface area contributed by atoms with E-state index in [1.807, 2.05) is 11.6 Å². The predicted molar refractivity (Wildman–Crippen MR) is 50.4 cm³/mol. The smallest absolute Gasteiger partial charge is 0.150 e. The van der Waals surface area contributed by atoms with Crippen LogP contribution in [0.15, 0.2) is 0 Å². The number of aromatic nitrogens is 2. The van der Waals surface area contributed by atoms with E-state index >= 15 is 0 Å². The third-order valence-electron chi connectivity index (χ3n) is 1.96. The van der Waals surface area contributed by atoms with E-state index in [4.69, 9.17) is 17.3 Å². The van der Waals surface area contributed by atoms with Crippen molar-refractivity contribution in [1.82, 2.24) is 9.55 Å². The van der Waals surface area contributed by atoms with Crippen LogP contribution in [0.5, 0.6) is 0 Å². The maximum atomic E-state index is 5.91. The van der Waals surface area contributed by atoms with Gasteiger partial charge in [0.2, 0.25) is 0 Å². The summed E-state index contributed by atoms with van der Waals surface area (Å²) in [7, 11) is 1.97. The van der Waals surface area contributed by atoms with Crippen molar-refractivity contribution in [2.45, 2.75) is 19.8 Å². The lowest BCUT2D eigenvalue weighted by Crippen LogP contribution is -2.08. The lowest BCUT2D eigenvalue weighted by Gasteiger charge is -2.01. The van der Waals surface area contributed by atoms with E-state index in [9.17, 15) is 0 Å². The minimum atomic E-state index is 0.614. The minimum absolute atomic E-state index is 0.614. The number of rotatable bonds is 3. The quantitative estimate of drug-likeness (QED) is 0.771. The highest BCUT2D eigenvalue weighted by atomic mass is 35.5. The summed E-state index contributed by atoms with van der Waals surface area (Å²) in [6.45, 7) is 2.68. The van der Waals surface area contributed by atoms with Gasteiger partial charge in [0, 0.05) is 13.5 Å². The number of halogens is 1. The second-order valence-corrected chi connectivity index (χ2v) is 3.07. The Labute approximate surface area is 77.5 Å². The van der Waals surface area contributed by atoms with E-state index in [2.05, 4.69) is 11.9 Å². The van der Waals surface area contributed by atoms with Gasteiger partial charge in [-0.25, -0.2) is 4.98 Å². The molecule has 12 heavy (non-hydrogen) atoms. The lowest BCUT2D eigenvalue weighted by atomic mass is 10.3. The van der Waals surface area contributed by atoms with Crippen LogP contribution >= 0.6 is 11.6 Å². The Morgan fingerprint density at radius 3 is 2.67 bits per heavy atom. The molecule has 0 amide bonds. The first-order chi connectivity index (χ1) is 5.70. The highest BCUT2D eigenvalue weighted by molar-refractivity contribution is 6.30. The van der Waals surface area contributed by atoms with Crippen LogP contribution in [0, 0.1) is 0 Å². The van der Waals surface area contributed by atoms with E-state index in [1.54, 1.807) is 0 Å². The molecule has 1 heterocycles. The molecule has 0 aliphatic heterocycles. The van der Waals surface area contributed by atoms with Gasteiger partial charge in [-0.15, -0.1) is 0 Å². The molecule has 0 saturated heterocycles. The molecule has 0 radical (unpaired) electrons. The zero-order chi connectivity index (χ0) is 9.14. The minimum Gasteiger partial charge on any atom is -0.334 e. The van der Waals surface area contributed by atoms with E-state index in [0.717, 1.165) is 24.4 Å². The van der Waals surface area contributed by atoms with Crippen LogP contribution in [0.1, 0.15) is 18.4 Å². The molecule has 0 aliphatic carbocycles. The molecular formula is C8H14ClN3. The van der Waals surface area contributed by atoms with Crippen molar-refractivity contribution in [3.63, 3.8) is 0 Å². The summed E-state index contributed by atoms with van der Waals surface area (Å²) in [6.07, 6.45) is 1.70. The first-order valence-electron chi connectivity index (χ1n) is 4.10. The van der Waals surface area contributed by atoms with Crippen LogP contribution in [0.25, 0.3) is 0 Å². The fourth-order valence-corrected chi connectivity index (χ4v) is 1.64. The van der Waals surface area contributed by atoms with Crippen LogP contribution in [0.3, 0.4) is 0 Å². The SMILES string of the molecule is CCc1c(Cl)nc(CCN)n1C. The largest absolute Gasteiger partial charge is 0.334 e. The number of imidazole rings is 1. The molecule has 1 aromatic rings. The molecule has 4 heteroatoms. The molecular weight excluding hydrogens is 174 g/mol. The lowest BCUT2D eigenvalue weighted by molar-refractivity contribution is 0.745. The van der Waals surface area contributed by atoms with Gasteiger partial charge in [0.1, 0.15) is 5.82 Å². The maximum absolute atomic E-state index is 5.91. The van der Waals surface area contributed by atoms with Gasteiger partial charge in [0.15, 0.2) is 5.15 Å². The predicted octanol–water partition coefficient (Wildman–Crippen LogP) is 1.14. The molecule has 0 spiro atoms. The average Bonchev–Trinajstić information content (AvgIpc) is 2.29. The second-order valence-electron chi connectivity index (χ2n) is 2.72. The summed E-state index contributed by atoms with van der Waals surface area (Å²) in [5.41, 5.74) is 6.52. The summed E-state index contributed by atoms with van der Waals surface area (Å²) in [6, 6.07) is 0. The summed E-state index contributed by atoms with van der Waals surface area (Å²) in [5.74, 6) is 0.972. The average molecular weight is 188 g/mol. The third-order valence-corrected chi connectivity index (χ3v) is 2.26. The summed E-state index contributed by atoms with van der Waals surface area (Å²) in [4.78, 5) is 4.22. The second kappa shape index (κ2) is 3.92. The molecule has 3 nitrogen and oxygen atoms in total. The Morgan fingerprint density at radius 2 is 2.25 bits per heavy atom. The van der Waals surface area contributed by atoms with E-state index in [1.165, 1.54) is 0 Å². The Balaban J connectivity index is 3.00. The monoisotopic (exact) mass is 187 g/mol. The van der Waals surface area contributed by atoms with Gasteiger partial charge in [-0.3, -0.25) is 0 Å². The topological polar surface area (TPSA) is 43.8 Å². The zero-order valence-electron chi connectivity index (χ0n) is 7.47. The number of nitrogens with zero attached hydrogens (tertiary/aromatic N) is 2. The molecule has 0 bridgehead atoms. The fraction of sp³-hybridized carbons (Fsp3) is 0.625.